The molecule has 0 aromatic heterocycles. The summed E-state index contributed by atoms with van der Waals surface area (Å²) < 4.78 is 6.68. The Morgan fingerprint density at radius 3 is 2.49 bits per heavy atom. The minimum absolute atomic E-state index is 0.182. The number of imide groups is 2. The van der Waals surface area contributed by atoms with Crippen molar-refractivity contribution >= 4 is 68.7 Å². The van der Waals surface area contributed by atoms with Gasteiger partial charge in [0.15, 0.2) is 0 Å². The Labute approximate surface area is 220 Å². The van der Waals surface area contributed by atoms with Crippen LogP contribution in [0.3, 0.4) is 0 Å². The Balaban J connectivity index is 1.69. The standard InChI is InChI=1S/C26H19BrCl2N2O4/c1-14-3-4-15(2)22(9-14)31-25(33)19(24(32)30-26(31)34)12-17-11-18(27)6-8-23(17)35-13-16-5-7-20(28)21(29)10-16/h3-12H,13H2,1-2H3,(H,30,32,34)/b19-12+. The number of barbiturate groups is 1. The first kappa shape index (κ1) is 25.0. The van der Waals surface area contributed by atoms with Crippen molar-refractivity contribution in [1.82, 2.24) is 5.32 Å². The first-order chi connectivity index (χ1) is 16.6. The van der Waals surface area contributed by atoms with Crippen molar-refractivity contribution in [2.45, 2.75) is 20.5 Å². The number of ether oxygens (including phenoxy) is 1. The monoisotopic (exact) mass is 572 g/mol. The lowest BCUT2D eigenvalue weighted by Crippen LogP contribution is -2.54. The van der Waals surface area contributed by atoms with E-state index in [-0.39, 0.29) is 12.2 Å². The lowest BCUT2D eigenvalue weighted by Gasteiger charge is -2.28. The number of amides is 4. The van der Waals surface area contributed by atoms with Gasteiger partial charge in [-0.1, -0.05) is 57.3 Å². The number of hydrogen-bond donors (Lipinski definition) is 1. The van der Waals surface area contributed by atoms with Gasteiger partial charge in [0, 0.05) is 10.0 Å². The normalized spacial score (nSPS) is 14.9. The van der Waals surface area contributed by atoms with Crippen LogP contribution in [0.15, 0.2) is 64.6 Å². The molecule has 1 fully saturated rings. The van der Waals surface area contributed by atoms with Crippen LogP contribution in [0.4, 0.5) is 10.5 Å². The third-order valence-electron chi connectivity index (χ3n) is 5.36. The maximum absolute atomic E-state index is 13.4. The second-order valence-electron chi connectivity index (χ2n) is 7.97. The van der Waals surface area contributed by atoms with Crippen molar-refractivity contribution in [3.8, 4) is 5.75 Å². The van der Waals surface area contributed by atoms with Crippen molar-refractivity contribution < 1.29 is 19.1 Å². The van der Waals surface area contributed by atoms with Gasteiger partial charge in [-0.05, 0) is 73.0 Å². The molecular formula is C26H19BrCl2N2O4. The van der Waals surface area contributed by atoms with Gasteiger partial charge in [-0.15, -0.1) is 0 Å². The summed E-state index contributed by atoms with van der Waals surface area (Å²) in [5.74, 6) is -1.07. The Hall–Kier alpha value is -3.13. The number of carbonyl (C=O) groups excluding carboxylic acids is 3. The number of carbonyl (C=O) groups is 3. The molecule has 0 bridgehead atoms. The quantitative estimate of drug-likeness (QED) is 0.275. The van der Waals surface area contributed by atoms with E-state index in [1.165, 1.54) is 6.08 Å². The van der Waals surface area contributed by atoms with E-state index in [9.17, 15) is 14.4 Å². The second-order valence-corrected chi connectivity index (χ2v) is 9.70. The van der Waals surface area contributed by atoms with Crippen LogP contribution >= 0.6 is 39.1 Å². The van der Waals surface area contributed by atoms with Crippen LogP contribution < -0.4 is 15.0 Å². The number of urea groups is 1. The Morgan fingerprint density at radius 1 is 0.971 bits per heavy atom. The number of hydrogen-bond acceptors (Lipinski definition) is 4. The van der Waals surface area contributed by atoms with E-state index in [0.717, 1.165) is 26.1 Å². The van der Waals surface area contributed by atoms with E-state index in [0.29, 0.717) is 27.0 Å². The van der Waals surface area contributed by atoms with Crippen LogP contribution in [-0.4, -0.2) is 17.8 Å². The van der Waals surface area contributed by atoms with Gasteiger partial charge in [-0.2, -0.15) is 0 Å². The summed E-state index contributed by atoms with van der Waals surface area (Å²) in [5.41, 5.74) is 3.09. The van der Waals surface area contributed by atoms with E-state index in [1.807, 2.05) is 19.1 Å². The van der Waals surface area contributed by atoms with Crippen molar-refractivity contribution in [3.63, 3.8) is 0 Å². The molecule has 6 nitrogen and oxygen atoms in total. The van der Waals surface area contributed by atoms with Crippen LogP contribution in [0.5, 0.6) is 5.75 Å². The van der Waals surface area contributed by atoms with Crippen LogP contribution in [0.2, 0.25) is 10.0 Å². The van der Waals surface area contributed by atoms with Crippen LogP contribution in [-0.2, 0) is 16.2 Å². The highest BCUT2D eigenvalue weighted by atomic mass is 79.9. The molecule has 0 saturated carbocycles. The molecule has 1 saturated heterocycles. The number of nitrogens with zero attached hydrogens (tertiary/aromatic N) is 1. The molecule has 4 rings (SSSR count). The van der Waals surface area contributed by atoms with Crippen molar-refractivity contribution in [3.05, 3.63) is 96.9 Å². The van der Waals surface area contributed by atoms with E-state index in [1.54, 1.807) is 49.4 Å². The van der Waals surface area contributed by atoms with Gasteiger partial charge in [0.25, 0.3) is 11.8 Å². The molecule has 3 aromatic rings. The zero-order valence-corrected chi connectivity index (χ0v) is 21.8. The molecule has 35 heavy (non-hydrogen) atoms. The molecule has 1 aliphatic rings. The largest absolute Gasteiger partial charge is 0.488 e. The SMILES string of the molecule is Cc1ccc(C)c(N2C(=O)NC(=O)/C(=C\c3cc(Br)ccc3OCc3ccc(Cl)c(Cl)c3)C2=O)c1. The van der Waals surface area contributed by atoms with Gasteiger partial charge in [0.1, 0.15) is 17.9 Å². The highest BCUT2D eigenvalue weighted by molar-refractivity contribution is 9.10. The molecule has 0 spiro atoms. The Morgan fingerprint density at radius 2 is 1.74 bits per heavy atom. The third-order valence-corrected chi connectivity index (χ3v) is 6.59. The summed E-state index contributed by atoms with van der Waals surface area (Å²) in [5, 5.41) is 3.11. The molecule has 1 aliphatic heterocycles. The minimum Gasteiger partial charge on any atom is -0.488 e. The second kappa shape index (κ2) is 10.2. The molecule has 9 heteroatoms. The van der Waals surface area contributed by atoms with Crippen molar-refractivity contribution in [2.24, 2.45) is 0 Å². The fourth-order valence-corrected chi connectivity index (χ4v) is 4.25. The summed E-state index contributed by atoms with van der Waals surface area (Å²) in [6.45, 7) is 3.83. The maximum atomic E-state index is 13.4. The highest BCUT2D eigenvalue weighted by Crippen LogP contribution is 2.30. The van der Waals surface area contributed by atoms with E-state index >= 15 is 0 Å². The fraction of sp³-hybridized carbons (Fsp3) is 0.115. The minimum atomic E-state index is -0.795. The number of aryl methyl sites for hydroxylation is 2. The molecule has 0 aliphatic carbocycles. The molecule has 4 amide bonds. The van der Waals surface area contributed by atoms with Crippen molar-refractivity contribution in [2.75, 3.05) is 4.90 Å². The average Bonchev–Trinajstić information content (AvgIpc) is 2.80. The van der Waals surface area contributed by atoms with Gasteiger partial charge in [-0.3, -0.25) is 14.9 Å². The zero-order valence-electron chi connectivity index (χ0n) is 18.7. The summed E-state index contributed by atoms with van der Waals surface area (Å²) in [6.07, 6.45) is 1.41. The number of halogens is 3. The van der Waals surface area contributed by atoms with Crippen LogP contribution in [0.25, 0.3) is 6.08 Å². The maximum Gasteiger partial charge on any atom is 0.335 e. The van der Waals surface area contributed by atoms with Gasteiger partial charge in [-0.25, -0.2) is 9.69 Å². The highest BCUT2D eigenvalue weighted by Gasteiger charge is 2.37. The van der Waals surface area contributed by atoms with E-state index < -0.39 is 17.8 Å². The molecule has 0 atom stereocenters. The van der Waals surface area contributed by atoms with Crippen LogP contribution in [0.1, 0.15) is 22.3 Å². The number of anilines is 1. The van der Waals surface area contributed by atoms with Crippen LogP contribution in [0, 0.1) is 13.8 Å². The van der Waals surface area contributed by atoms with Gasteiger partial charge < -0.3 is 4.74 Å². The molecule has 1 N–H and O–H groups in total. The third kappa shape index (κ3) is 5.42. The Kier molecular flexibility index (Phi) is 7.31. The lowest BCUT2D eigenvalue weighted by molar-refractivity contribution is -0.122. The summed E-state index contributed by atoms with van der Waals surface area (Å²) >= 11 is 15.5. The predicted molar refractivity (Wildman–Crippen MR) is 140 cm³/mol. The number of nitrogens with one attached hydrogen (secondary N) is 1. The summed E-state index contributed by atoms with van der Waals surface area (Å²) in [6, 6.07) is 15.0. The van der Waals surface area contributed by atoms with E-state index in [2.05, 4.69) is 21.2 Å². The topological polar surface area (TPSA) is 75.7 Å². The first-order valence-electron chi connectivity index (χ1n) is 10.5. The molecule has 1 heterocycles. The fourth-order valence-electron chi connectivity index (χ4n) is 3.55. The average molecular weight is 574 g/mol. The van der Waals surface area contributed by atoms with Gasteiger partial charge in [0.2, 0.25) is 0 Å². The molecule has 0 radical (unpaired) electrons. The summed E-state index contributed by atoms with van der Waals surface area (Å²) in [7, 11) is 0. The van der Waals surface area contributed by atoms with Crippen molar-refractivity contribution in [1.29, 1.82) is 0 Å². The summed E-state index contributed by atoms with van der Waals surface area (Å²) in [4.78, 5) is 39.6. The number of rotatable bonds is 5. The Bertz CT molecular complexity index is 1400. The molecule has 0 unspecified atom stereocenters. The molecule has 178 valence electrons. The molecular weight excluding hydrogens is 555 g/mol. The smallest absolute Gasteiger partial charge is 0.335 e. The lowest BCUT2D eigenvalue weighted by atomic mass is 10.0. The number of benzene rings is 3. The van der Waals surface area contributed by atoms with Gasteiger partial charge >= 0.3 is 6.03 Å². The predicted octanol–water partition coefficient (Wildman–Crippen LogP) is 6.62. The van der Waals surface area contributed by atoms with E-state index in [4.69, 9.17) is 27.9 Å². The first-order valence-corrected chi connectivity index (χ1v) is 12.0. The zero-order chi connectivity index (χ0) is 25.3. The molecule has 3 aromatic carbocycles. The van der Waals surface area contributed by atoms with Gasteiger partial charge in [0.05, 0.1) is 15.7 Å².